The largest absolute Gasteiger partial charge is 0.234 e. The Morgan fingerprint density at radius 2 is 2.33 bits per heavy atom. The second kappa shape index (κ2) is 3.57. The van der Waals surface area contributed by atoms with E-state index in [-0.39, 0.29) is 0 Å². The number of aromatic nitrogens is 2. The number of hydrogen-bond donors (Lipinski definition) is 0. The monoisotopic (exact) mass is 328 g/mol. The van der Waals surface area contributed by atoms with Gasteiger partial charge in [0.2, 0.25) is 5.28 Å². The summed E-state index contributed by atoms with van der Waals surface area (Å²) < 4.78 is 5.14. The molecule has 0 aliphatic carbocycles. The molecule has 2 aromatic rings. The summed E-state index contributed by atoms with van der Waals surface area (Å²) >= 11 is 10.9. The van der Waals surface area contributed by atoms with Crippen LogP contribution in [-0.4, -0.2) is 9.36 Å². The Balaban J connectivity index is 2.43. The molecule has 2 rings (SSSR count). The molecular formula is C6H2ClIN2S2. The molecule has 0 saturated carbocycles. The van der Waals surface area contributed by atoms with Gasteiger partial charge in [-0.1, -0.05) is 0 Å². The summed E-state index contributed by atoms with van der Waals surface area (Å²) in [6.07, 6.45) is 0. The fourth-order valence-corrected chi connectivity index (χ4v) is 2.94. The zero-order valence-corrected chi connectivity index (χ0v) is 10.2. The minimum Gasteiger partial charge on any atom is -0.205 e. The lowest BCUT2D eigenvalue weighted by atomic mass is 10.4. The van der Waals surface area contributed by atoms with Crippen molar-refractivity contribution in [3.05, 3.63) is 19.6 Å². The van der Waals surface area contributed by atoms with Crippen LogP contribution >= 0.6 is 57.1 Å². The topological polar surface area (TPSA) is 25.8 Å². The highest BCUT2D eigenvalue weighted by Crippen LogP contribution is 2.28. The Bertz CT molecular complexity index is 359. The molecular weight excluding hydrogens is 327 g/mol. The molecule has 0 unspecified atom stereocenters. The average Bonchev–Trinajstić information content (AvgIpc) is 2.58. The highest BCUT2D eigenvalue weighted by atomic mass is 127. The SMILES string of the molecule is Clc1nsc(-c2csc(I)c2)n1. The Morgan fingerprint density at radius 3 is 2.83 bits per heavy atom. The number of nitrogens with zero attached hydrogens (tertiary/aromatic N) is 2. The van der Waals surface area contributed by atoms with Crippen molar-refractivity contribution in [2.45, 2.75) is 0 Å². The van der Waals surface area contributed by atoms with Gasteiger partial charge >= 0.3 is 0 Å². The van der Waals surface area contributed by atoms with Gasteiger partial charge in [-0.25, -0.2) is 4.98 Å². The summed E-state index contributed by atoms with van der Waals surface area (Å²) in [6, 6.07) is 2.07. The lowest BCUT2D eigenvalue weighted by molar-refractivity contribution is 1.33. The van der Waals surface area contributed by atoms with E-state index in [2.05, 4.69) is 43.4 Å². The molecule has 0 fully saturated rings. The normalized spacial score (nSPS) is 10.5. The van der Waals surface area contributed by atoms with Crippen molar-refractivity contribution in [2.75, 3.05) is 0 Å². The summed E-state index contributed by atoms with van der Waals surface area (Å²) in [5, 5.41) is 3.27. The van der Waals surface area contributed by atoms with E-state index in [1.54, 1.807) is 11.3 Å². The molecule has 0 amide bonds. The van der Waals surface area contributed by atoms with Gasteiger partial charge in [0.15, 0.2) is 0 Å². The van der Waals surface area contributed by atoms with Crippen molar-refractivity contribution in [2.24, 2.45) is 0 Å². The molecule has 0 aromatic carbocycles. The smallest absolute Gasteiger partial charge is 0.205 e. The lowest BCUT2D eigenvalue weighted by Crippen LogP contribution is -1.68. The van der Waals surface area contributed by atoms with Crippen LogP contribution in [0.3, 0.4) is 0 Å². The van der Waals surface area contributed by atoms with Gasteiger partial charge in [0.05, 0.1) is 2.88 Å². The third-order valence-corrected chi connectivity index (χ3v) is 4.04. The standard InChI is InChI=1S/C6H2ClIN2S2/c7-6-9-5(12-10-6)3-1-4(8)11-2-3/h1-2H. The summed E-state index contributed by atoms with van der Waals surface area (Å²) in [5.74, 6) is 0. The summed E-state index contributed by atoms with van der Waals surface area (Å²) in [5.41, 5.74) is 1.11. The molecule has 0 N–H and O–H groups in total. The van der Waals surface area contributed by atoms with Crippen LogP contribution in [0.4, 0.5) is 0 Å². The highest BCUT2D eigenvalue weighted by Gasteiger charge is 2.05. The van der Waals surface area contributed by atoms with Crippen LogP contribution < -0.4 is 0 Å². The maximum absolute atomic E-state index is 5.61. The first kappa shape index (κ1) is 8.86. The fourth-order valence-electron chi connectivity index (χ4n) is 0.745. The molecule has 0 aliphatic heterocycles. The summed E-state index contributed by atoms with van der Waals surface area (Å²) in [7, 11) is 0. The van der Waals surface area contributed by atoms with Crippen molar-refractivity contribution < 1.29 is 0 Å². The molecule has 0 saturated heterocycles. The molecule has 0 atom stereocenters. The van der Waals surface area contributed by atoms with E-state index in [0.29, 0.717) is 5.28 Å². The molecule has 0 bridgehead atoms. The molecule has 62 valence electrons. The zero-order chi connectivity index (χ0) is 8.55. The quantitative estimate of drug-likeness (QED) is 0.749. The maximum Gasteiger partial charge on any atom is 0.234 e. The highest BCUT2D eigenvalue weighted by molar-refractivity contribution is 14.1. The molecule has 6 heteroatoms. The lowest BCUT2D eigenvalue weighted by Gasteiger charge is -1.83. The first-order chi connectivity index (χ1) is 5.75. The van der Waals surface area contributed by atoms with Crippen molar-refractivity contribution in [1.29, 1.82) is 0 Å². The van der Waals surface area contributed by atoms with E-state index >= 15 is 0 Å². The second-order valence-corrected chi connectivity index (χ2v) is 5.90. The van der Waals surface area contributed by atoms with Crippen LogP contribution in [0.1, 0.15) is 0 Å². The van der Waals surface area contributed by atoms with E-state index in [9.17, 15) is 0 Å². The van der Waals surface area contributed by atoms with Gasteiger partial charge in [-0.05, 0) is 51.8 Å². The number of thiophene rings is 1. The van der Waals surface area contributed by atoms with Gasteiger partial charge in [-0.15, -0.1) is 11.3 Å². The first-order valence-corrected chi connectivity index (χ1v) is 6.10. The molecule has 2 nitrogen and oxygen atoms in total. The summed E-state index contributed by atoms with van der Waals surface area (Å²) in [4.78, 5) is 4.07. The molecule has 0 spiro atoms. The Hall–Kier alpha value is 0.280. The van der Waals surface area contributed by atoms with Crippen molar-refractivity contribution >= 4 is 57.1 Å². The van der Waals surface area contributed by atoms with Crippen LogP contribution in [0.25, 0.3) is 10.6 Å². The van der Waals surface area contributed by atoms with Gasteiger partial charge in [-0.3, -0.25) is 0 Å². The summed E-state index contributed by atoms with van der Waals surface area (Å²) in [6.45, 7) is 0. The van der Waals surface area contributed by atoms with Gasteiger partial charge < -0.3 is 0 Å². The first-order valence-electron chi connectivity index (χ1n) is 2.99. The van der Waals surface area contributed by atoms with Crippen LogP contribution in [0.15, 0.2) is 11.4 Å². The average molecular weight is 329 g/mol. The van der Waals surface area contributed by atoms with Crippen molar-refractivity contribution in [3.63, 3.8) is 0 Å². The van der Waals surface area contributed by atoms with Gasteiger partial charge in [0, 0.05) is 10.9 Å². The minimum absolute atomic E-state index is 0.330. The molecule has 0 aliphatic rings. The van der Waals surface area contributed by atoms with Crippen LogP contribution in [0.5, 0.6) is 0 Å². The Labute approximate surface area is 95.9 Å². The molecule has 12 heavy (non-hydrogen) atoms. The number of rotatable bonds is 1. The minimum atomic E-state index is 0.330. The van der Waals surface area contributed by atoms with Gasteiger partial charge in [-0.2, -0.15) is 4.37 Å². The van der Waals surface area contributed by atoms with E-state index in [0.717, 1.165) is 10.6 Å². The Morgan fingerprint density at radius 1 is 1.50 bits per heavy atom. The maximum atomic E-state index is 5.61. The zero-order valence-electron chi connectivity index (χ0n) is 5.62. The number of halogens is 2. The molecule has 2 aromatic heterocycles. The predicted octanol–water partition coefficient (Wildman–Crippen LogP) is 3.52. The van der Waals surface area contributed by atoms with Crippen LogP contribution in [0, 0.1) is 2.88 Å². The van der Waals surface area contributed by atoms with E-state index in [4.69, 9.17) is 11.6 Å². The third kappa shape index (κ3) is 1.78. The van der Waals surface area contributed by atoms with Crippen molar-refractivity contribution in [1.82, 2.24) is 9.36 Å². The van der Waals surface area contributed by atoms with Crippen LogP contribution in [-0.2, 0) is 0 Å². The van der Waals surface area contributed by atoms with Gasteiger partial charge in [0.25, 0.3) is 0 Å². The van der Waals surface area contributed by atoms with Gasteiger partial charge in [0.1, 0.15) is 5.01 Å². The number of hydrogen-bond acceptors (Lipinski definition) is 4. The van der Waals surface area contributed by atoms with Crippen LogP contribution in [0.2, 0.25) is 5.28 Å². The van der Waals surface area contributed by atoms with E-state index in [1.165, 1.54) is 14.4 Å². The van der Waals surface area contributed by atoms with E-state index < -0.39 is 0 Å². The third-order valence-electron chi connectivity index (χ3n) is 1.22. The van der Waals surface area contributed by atoms with E-state index in [1.807, 2.05) is 0 Å². The predicted molar refractivity (Wildman–Crippen MR) is 60.9 cm³/mol. The fraction of sp³-hybridized carbons (Fsp3) is 0. The second-order valence-electron chi connectivity index (χ2n) is 2.01. The Kier molecular flexibility index (Phi) is 2.63. The molecule has 0 radical (unpaired) electrons. The van der Waals surface area contributed by atoms with Crippen molar-refractivity contribution in [3.8, 4) is 10.6 Å². The molecule has 2 heterocycles.